The smallest absolute Gasteiger partial charge is 0.0307 e. The topological polar surface area (TPSA) is 29.3 Å². The van der Waals surface area contributed by atoms with E-state index in [2.05, 4.69) is 37.4 Å². The number of nitrogens with zero attached hydrogens (tertiary/aromatic N) is 1. The molecule has 1 aliphatic heterocycles. The molecule has 0 aromatic heterocycles. The van der Waals surface area contributed by atoms with Gasteiger partial charge in [-0.05, 0) is 20.3 Å². The molecular weight excluding hydrogens is 228 g/mol. The van der Waals surface area contributed by atoms with Crippen LogP contribution >= 0.6 is 11.8 Å². The first-order chi connectivity index (χ1) is 8.14. The lowest BCUT2D eigenvalue weighted by molar-refractivity contribution is 0.0718. The summed E-state index contributed by atoms with van der Waals surface area (Å²) in [5, 5.41) is 0. The van der Waals surface area contributed by atoms with Crippen molar-refractivity contribution in [2.75, 3.05) is 24.6 Å². The molecule has 17 heavy (non-hydrogen) atoms. The lowest BCUT2D eigenvalue weighted by Gasteiger charge is -2.46. The Morgan fingerprint density at radius 3 is 2.71 bits per heavy atom. The van der Waals surface area contributed by atoms with Crippen LogP contribution in [0.1, 0.15) is 52.9 Å². The highest BCUT2D eigenvalue weighted by atomic mass is 32.2. The van der Waals surface area contributed by atoms with Crippen LogP contribution in [0.15, 0.2) is 0 Å². The minimum atomic E-state index is 0.230. The Balaban J connectivity index is 2.47. The summed E-state index contributed by atoms with van der Waals surface area (Å²) in [4.78, 5) is 2.66. The van der Waals surface area contributed by atoms with E-state index in [-0.39, 0.29) is 5.54 Å². The highest BCUT2D eigenvalue weighted by Crippen LogP contribution is 2.28. The van der Waals surface area contributed by atoms with E-state index in [0.717, 1.165) is 6.54 Å². The summed E-state index contributed by atoms with van der Waals surface area (Å²) in [7, 11) is 0. The van der Waals surface area contributed by atoms with E-state index < -0.39 is 0 Å². The third-order valence-corrected chi connectivity index (χ3v) is 5.26. The molecule has 0 aliphatic carbocycles. The van der Waals surface area contributed by atoms with Gasteiger partial charge < -0.3 is 5.73 Å². The van der Waals surface area contributed by atoms with Gasteiger partial charge in [0.1, 0.15) is 0 Å². The zero-order valence-corrected chi connectivity index (χ0v) is 12.7. The molecular formula is C14H30N2S. The highest BCUT2D eigenvalue weighted by Gasteiger charge is 2.34. The van der Waals surface area contributed by atoms with Crippen LogP contribution in [0.2, 0.25) is 0 Å². The van der Waals surface area contributed by atoms with Crippen molar-refractivity contribution in [1.29, 1.82) is 0 Å². The summed E-state index contributed by atoms with van der Waals surface area (Å²) in [5.41, 5.74) is 6.30. The summed E-state index contributed by atoms with van der Waals surface area (Å²) >= 11 is 2.08. The third-order valence-electron chi connectivity index (χ3n) is 4.07. The molecule has 2 unspecified atom stereocenters. The standard InChI is InChI=1S/C14H30N2S/c1-4-5-6-7-8-14(3,12-15)16-9-10-17-11-13(16)2/h13H,4-12,15H2,1-3H3. The molecule has 1 rings (SSSR count). The van der Waals surface area contributed by atoms with Gasteiger partial charge in [0.2, 0.25) is 0 Å². The Kier molecular flexibility index (Phi) is 6.90. The van der Waals surface area contributed by atoms with Gasteiger partial charge in [0.15, 0.2) is 0 Å². The van der Waals surface area contributed by atoms with Gasteiger partial charge in [0.05, 0.1) is 0 Å². The van der Waals surface area contributed by atoms with Crippen molar-refractivity contribution in [3.63, 3.8) is 0 Å². The van der Waals surface area contributed by atoms with Crippen molar-refractivity contribution in [2.24, 2.45) is 5.73 Å². The van der Waals surface area contributed by atoms with E-state index in [4.69, 9.17) is 5.73 Å². The Bertz CT molecular complexity index is 210. The number of hydrogen-bond donors (Lipinski definition) is 1. The molecule has 1 heterocycles. The monoisotopic (exact) mass is 258 g/mol. The summed E-state index contributed by atoms with van der Waals surface area (Å²) in [5.74, 6) is 2.54. The molecule has 0 radical (unpaired) electrons. The number of unbranched alkanes of at least 4 members (excludes halogenated alkanes) is 3. The quantitative estimate of drug-likeness (QED) is 0.712. The van der Waals surface area contributed by atoms with Crippen molar-refractivity contribution < 1.29 is 0 Å². The second-order valence-corrected chi connectivity index (χ2v) is 6.78. The summed E-state index contributed by atoms with van der Waals surface area (Å²) in [6.45, 7) is 9.01. The Morgan fingerprint density at radius 2 is 2.12 bits per heavy atom. The van der Waals surface area contributed by atoms with Crippen molar-refractivity contribution in [1.82, 2.24) is 4.90 Å². The van der Waals surface area contributed by atoms with Crippen molar-refractivity contribution >= 4 is 11.8 Å². The Hall–Kier alpha value is 0.270. The van der Waals surface area contributed by atoms with Crippen molar-refractivity contribution in [2.45, 2.75) is 64.5 Å². The fraction of sp³-hybridized carbons (Fsp3) is 1.00. The number of thioether (sulfide) groups is 1. The highest BCUT2D eigenvalue weighted by molar-refractivity contribution is 7.99. The maximum Gasteiger partial charge on any atom is 0.0307 e. The van der Waals surface area contributed by atoms with Crippen LogP contribution in [0.4, 0.5) is 0 Å². The maximum absolute atomic E-state index is 6.07. The zero-order valence-electron chi connectivity index (χ0n) is 11.9. The molecule has 0 aromatic rings. The number of hydrogen-bond acceptors (Lipinski definition) is 3. The van der Waals surface area contributed by atoms with Gasteiger partial charge in [-0.15, -0.1) is 0 Å². The van der Waals surface area contributed by atoms with E-state index in [9.17, 15) is 0 Å². The fourth-order valence-corrected chi connectivity index (χ4v) is 3.84. The van der Waals surface area contributed by atoms with Crippen molar-refractivity contribution in [3.05, 3.63) is 0 Å². The molecule has 3 heteroatoms. The van der Waals surface area contributed by atoms with Crippen LogP contribution in [0.3, 0.4) is 0 Å². The van der Waals surface area contributed by atoms with Gasteiger partial charge in [-0.2, -0.15) is 11.8 Å². The van der Waals surface area contributed by atoms with Crippen LogP contribution in [0.25, 0.3) is 0 Å². The first kappa shape index (κ1) is 15.3. The number of nitrogens with two attached hydrogens (primary N) is 1. The summed E-state index contributed by atoms with van der Waals surface area (Å²) in [6.07, 6.45) is 6.64. The molecule has 2 nitrogen and oxygen atoms in total. The van der Waals surface area contributed by atoms with Crippen LogP contribution in [-0.2, 0) is 0 Å². The maximum atomic E-state index is 6.07. The van der Waals surface area contributed by atoms with Crippen LogP contribution in [-0.4, -0.2) is 41.1 Å². The molecule has 0 aromatic carbocycles. The lowest BCUT2D eigenvalue weighted by atomic mass is 9.90. The molecule has 1 aliphatic rings. The molecule has 2 N–H and O–H groups in total. The van der Waals surface area contributed by atoms with Crippen molar-refractivity contribution in [3.8, 4) is 0 Å². The van der Waals surface area contributed by atoms with Crippen LogP contribution < -0.4 is 5.73 Å². The van der Waals surface area contributed by atoms with Gasteiger partial charge >= 0.3 is 0 Å². The normalized spacial score (nSPS) is 25.8. The zero-order chi connectivity index (χ0) is 12.7. The molecule has 0 amide bonds. The van der Waals surface area contributed by atoms with E-state index >= 15 is 0 Å². The van der Waals surface area contributed by atoms with E-state index in [1.54, 1.807) is 0 Å². The molecule has 0 bridgehead atoms. The van der Waals surface area contributed by atoms with Gasteiger partial charge in [0, 0.05) is 36.2 Å². The number of rotatable bonds is 7. The molecule has 0 saturated carbocycles. The average Bonchev–Trinajstić information content (AvgIpc) is 2.35. The molecule has 0 spiro atoms. The largest absolute Gasteiger partial charge is 0.329 e. The second-order valence-electron chi connectivity index (χ2n) is 5.63. The summed E-state index contributed by atoms with van der Waals surface area (Å²) in [6, 6.07) is 0.688. The lowest BCUT2D eigenvalue weighted by Crippen LogP contribution is -2.58. The SMILES string of the molecule is CCCCCCC(C)(CN)N1CCSCC1C. The summed E-state index contributed by atoms with van der Waals surface area (Å²) < 4.78 is 0. The van der Waals surface area contributed by atoms with E-state index in [0.29, 0.717) is 6.04 Å². The first-order valence-electron chi connectivity index (χ1n) is 7.18. The minimum absolute atomic E-state index is 0.230. The van der Waals surface area contributed by atoms with Gasteiger partial charge in [-0.25, -0.2) is 0 Å². The fourth-order valence-electron chi connectivity index (χ4n) is 2.82. The first-order valence-corrected chi connectivity index (χ1v) is 8.34. The predicted octanol–water partition coefficient (Wildman–Crippen LogP) is 3.11. The molecule has 2 atom stereocenters. The predicted molar refractivity (Wildman–Crippen MR) is 79.7 cm³/mol. The van der Waals surface area contributed by atoms with Gasteiger partial charge in [-0.3, -0.25) is 4.90 Å². The van der Waals surface area contributed by atoms with E-state index in [1.165, 1.54) is 50.2 Å². The second kappa shape index (κ2) is 7.65. The van der Waals surface area contributed by atoms with Crippen LogP contribution in [0.5, 0.6) is 0 Å². The third kappa shape index (κ3) is 4.46. The van der Waals surface area contributed by atoms with Gasteiger partial charge in [0.25, 0.3) is 0 Å². The average molecular weight is 258 g/mol. The minimum Gasteiger partial charge on any atom is -0.329 e. The van der Waals surface area contributed by atoms with Crippen LogP contribution in [0, 0.1) is 0 Å². The van der Waals surface area contributed by atoms with E-state index in [1.807, 2.05) is 0 Å². The Labute approximate surface area is 112 Å². The molecule has 1 fully saturated rings. The van der Waals surface area contributed by atoms with Gasteiger partial charge in [-0.1, -0.05) is 32.6 Å². The Morgan fingerprint density at radius 1 is 1.35 bits per heavy atom. The molecule has 1 saturated heterocycles. The molecule has 102 valence electrons.